The van der Waals surface area contributed by atoms with Gasteiger partial charge in [-0.2, -0.15) is 0 Å². The maximum absolute atomic E-state index is 5.89. The third-order valence-electron chi connectivity index (χ3n) is 2.60. The molecule has 0 aromatic carbocycles. The largest absolute Gasteiger partial charge is 0.383 e. The second-order valence-electron chi connectivity index (χ2n) is 3.63. The molecule has 14 heavy (non-hydrogen) atoms. The highest BCUT2D eigenvalue weighted by atomic mass is 35.5. The van der Waals surface area contributed by atoms with Crippen LogP contribution in [0.1, 0.15) is 30.9 Å². The Balaban J connectivity index is 2.24. The van der Waals surface area contributed by atoms with E-state index in [9.17, 15) is 0 Å². The van der Waals surface area contributed by atoms with Crippen molar-refractivity contribution < 1.29 is 0 Å². The van der Waals surface area contributed by atoms with Crippen LogP contribution in [0.25, 0.3) is 0 Å². The van der Waals surface area contributed by atoms with Gasteiger partial charge in [-0.25, -0.2) is 4.98 Å². The molecule has 1 saturated heterocycles. The number of piperidine rings is 1. The van der Waals surface area contributed by atoms with E-state index in [1.54, 1.807) is 6.20 Å². The number of nitrogens with two attached hydrogens (primary N) is 1. The van der Waals surface area contributed by atoms with Gasteiger partial charge in [-0.05, 0) is 25.5 Å². The monoisotopic (exact) mass is 211 g/mol. The molecule has 4 heteroatoms. The number of rotatable bonds is 1. The van der Waals surface area contributed by atoms with E-state index in [0.29, 0.717) is 16.9 Å². The zero-order valence-electron chi connectivity index (χ0n) is 7.96. The molecule has 0 aliphatic carbocycles. The molecule has 1 aliphatic heterocycles. The fraction of sp³-hybridized carbons (Fsp3) is 0.500. The SMILES string of the molecule is Nc1ncc(Cl)cc1C1CCCCN1. The first kappa shape index (κ1) is 9.74. The molecule has 1 atom stereocenters. The van der Waals surface area contributed by atoms with Gasteiger partial charge in [-0.15, -0.1) is 0 Å². The van der Waals surface area contributed by atoms with Crippen molar-refractivity contribution in [1.82, 2.24) is 10.3 Å². The van der Waals surface area contributed by atoms with Gasteiger partial charge in [-0.1, -0.05) is 18.0 Å². The van der Waals surface area contributed by atoms with Gasteiger partial charge in [0.15, 0.2) is 0 Å². The van der Waals surface area contributed by atoms with E-state index in [2.05, 4.69) is 10.3 Å². The lowest BCUT2D eigenvalue weighted by molar-refractivity contribution is 0.412. The topological polar surface area (TPSA) is 50.9 Å². The fourth-order valence-electron chi connectivity index (χ4n) is 1.86. The summed E-state index contributed by atoms with van der Waals surface area (Å²) in [5.41, 5.74) is 6.85. The average molecular weight is 212 g/mol. The van der Waals surface area contributed by atoms with Gasteiger partial charge in [0.1, 0.15) is 5.82 Å². The van der Waals surface area contributed by atoms with Crippen LogP contribution in [0.5, 0.6) is 0 Å². The summed E-state index contributed by atoms with van der Waals surface area (Å²) in [4.78, 5) is 4.06. The second-order valence-corrected chi connectivity index (χ2v) is 4.07. The van der Waals surface area contributed by atoms with Gasteiger partial charge in [0.25, 0.3) is 0 Å². The maximum atomic E-state index is 5.89. The standard InChI is InChI=1S/C10H14ClN3/c11-7-5-8(10(12)14-6-7)9-3-1-2-4-13-9/h5-6,9,13H,1-4H2,(H2,12,14). The van der Waals surface area contributed by atoms with Crippen molar-refractivity contribution in [3.8, 4) is 0 Å². The van der Waals surface area contributed by atoms with Crippen LogP contribution >= 0.6 is 11.6 Å². The van der Waals surface area contributed by atoms with Crippen molar-refractivity contribution >= 4 is 17.4 Å². The molecule has 0 bridgehead atoms. The third kappa shape index (κ3) is 1.99. The van der Waals surface area contributed by atoms with E-state index < -0.39 is 0 Å². The Morgan fingerprint density at radius 2 is 2.36 bits per heavy atom. The first-order valence-corrected chi connectivity index (χ1v) is 5.29. The van der Waals surface area contributed by atoms with Crippen LogP contribution in [-0.4, -0.2) is 11.5 Å². The smallest absolute Gasteiger partial charge is 0.128 e. The van der Waals surface area contributed by atoms with Crippen LogP contribution in [0.4, 0.5) is 5.82 Å². The zero-order valence-corrected chi connectivity index (χ0v) is 8.72. The van der Waals surface area contributed by atoms with Gasteiger partial charge in [0, 0.05) is 17.8 Å². The lowest BCUT2D eigenvalue weighted by atomic mass is 9.98. The Hall–Kier alpha value is -0.800. The number of nitrogens with zero attached hydrogens (tertiary/aromatic N) is 1. The van der Waals surface area contributed by atoms with Gasteiger partial charge in [-0.3, -0.25) is 0 Å². The molecule has 0 spiro atoms. The molecule has 0 saturated carbocycles. The predicted octanol–water partition coefficient (Wildman–Crippen LogP) is 2.13. The van der Waals surface area contributed by atoms with Crippen molar-refractivity contribution in [1.29, 1.82) is 0 Å². The minimum absolute atomic E-state index is 0.329. The van der Waals surface area contributed by atoms with Crippen molar-refractivity contribution in [3.05, 3.63) is 22.8 Å². The number of nitrogens with one attached hydrogen (secondary N) is 1. The number of hydrogen-bond donors (Lipinski definition) is 2. The number of pyridine rings is 1. The second kappa shape index (κ2) is 4.15. The highest BCUT2D eigenvalue weighted by Crippen LogP contribution is 2.27. The van der Waals surface area contributed by atoms with E-state index in [-0.39, 0.29) is 0 Å². The molecule has 1 aromatic rings. The quantitative estimate of drug-likeness (QED) is 0.749. The van der Waals surface area contributed by atoms with E-state index in [1.165, 1.54) is 12.8 Å². The highest BCUT2D eigenvalue weighted by molar-refractivity contribution is 6.30. The molecule has 2 rings (SSSR count). The number of aromatic nitrogens is 1. The fourth-order valence-corrected chi connectivity index (χ4v) is 2.03. The lowest BCUT2D eigenvalue weighted by Gasteiger charge is -2.24. The molecule has 0 amide bonds. The van der Waals surface area contributed by atoms with Crippen molar-refractivity contribution in [3.63, 3.8) is 0 Å². The van der Waals surface area contributed by atoms with Crippen molar-refractivity contribution in [2.75, 3.05) is 12.3 Å². The molecule has 2 heterocycles. The summed E-state index contributed by atoms with van der Waals surface area (Å²) in [6, 6.07) is 2.24. The summed E-state index contributed by atoms with van der Waals surface area (Å²) in [6.07, 6.45) is 5.18. The Morgan fingerprint density at radius 1 is 1.50 bits per heavy atom. The molecule has 3 N–H and O–H groups in total. The number of anilines is 1. The van der Waals surface area contributed by atoms with Crippen LogP contribution in [-0.2, 0) is 0 Å². The minimum Gasteiger partial charge on any atom is -0.383 e. The Morgan fingerprint density at radius 3 is 3.07 bits per heavy atom. The van der Waals surface area contributed by atoms with E-state index in [4.69, 9.17) is 17.3 Å². The van der Waals surface area contributed by atoms with Gasteiger partial charge in [0.2, 0.25) is 0 Å². The molecule has 1 aliphatic rings. The normalized spacial score (nSPS) is 22.2. The highest BCUT2D eigenvalue weighted by Gasteiger charge is 2.17. The Kier molecular flexibility index (Phi) is 2.89. The zero-order chi connectivity index (χ0) is 9.97. The lowest BCUT2D eigenvalue weighted by Crippen LogP contribution is -2.27. The van der Waals surface area contributed by atoms with Crippen LogP contribution in [0.2, 0.25) is 5.02 Å². The maximum Gasteiger partial charge on any atom is 0.128 e. The van der Waals surface area contributed by atoms with Crippen molar-refractivity contribution in [2.24, 2.45) is 0 Å². The van der Waals surface area contributed by atoms with E-state index in [1.807, 2.05) is 6.07 Å². The summed E-state index contributed by atoms with van der Waals surface area (Å²) in [7, 11) is 0. The minimum atomic E-state index is 0.329. The summed E-state index contributed by atoms with van der Waals surface area (Å²) in [6.45, 7) is 1.05. The number of hydrogen-bond acceptors (Lipinski definition) is 3. The van der Waals surface area contributed by atoms with Crippen LogP contribution in [0.15, 0.2) is 12.3 Å². The van der Waals surface area contributed by atoms with Crippen LogP contribution < -0.4 is 11.1 Å². The molecular formula is C10H14ClN3. The molecule has 1 unspecified atom stereocenters. The molecule has 1 aromatic heterocycles. The van der Waals surface area contributed by atoms with Gasteiger partial charge in [0.05, 0.1) is 5.02 Å². The van der Waals surface area contributed by atoms with E-state index in [0.717, 1.165) is 18.5 Å². The average Bonchev–Trinajstić information content (AvgIpc) is 2.23. The Bertz CT molecular complexity index is 321. The summed E-state index contributed by atoms with van der Waals surface area (Å²) < 4.78 is 0. The first-order valence-electron chi connectivity index (χ1n) is 4.91. The van der Waals surface area contributed by atoms with E-state index >= 15 is 0 Å². The van der Waals surface area contributed by atoms with Crippen molar-refractivity contribution in [2.45, 2.75) is 25.3 Å². The molecule has 3 nitrogen and oxygen atoms in total. The van der Waals surface area contributed by atoms with Crippen LogP contribution in [0.3, 0.4) is 0 Å². The first-order chi connectivity index (χ1) is 6.77. The molecule has 76 valence electrons. The third-order valence-corrected chi connectivity index (χ3v) is 2.81. The summed E-state index contributed by atoms with van der Waals surface area (Å²) in [5.74, 6) is 0.591. The Labute approximate surface area is 88.7 Å². The van der Waals surface area contributed by atoms with Gasteiger partial charge >= 0.3 is 0 Å². The number of halogens is 1. The summed E-state index contributed by atoms with van der Waals surface area (Å²) >= 11 is 5.89. The van der Waals surface area contributed by atoms with Gasteiger partial charge < -0.3 is 11.1 Å². The molecule has 0 radical (unpaired) electrons. The predicted molar refractivity (Wildman–Crippen MR) is 58.3 cm³/mol. The number of nitrogen functional groups attached to an aromatic ring is 1. The van der Waals surface area contributed by atoms with Crippen LogP contribution in [0, 0.1) is 0 Å². The molecular weight excluding hydrogens is 198 g/mol. The summed E-state index contributed by atoms with van der Waals surface area (Å²) in [5, 5.41) is 4.08. The molecule has 1 fully saturated rings.